The van der Waals surface area contributed by atoms with Gasteiger partial charge in [0.15, 0.2) is 5.65 Å². The van der Waals surface area contributed by atoms with E-state index in [2.05, 4.69) is 20.3 Å². The average Bonchev–Trinajstić information content (AvgIpc) is 3.04. The summed E-state index contributed by atoms with van der Waals surface area (Å²) < 4.78 is 6.94. The second-order valence-corrected chi connectivity index (χ2v) is 5.68. The van der Waals surface area contributed by atoms with Gasteiger partial charge in [0.05, 0.1) is 11.9 Å². The Balaban J connectivity index is 1.56. The van der Waals surface area contributed by atoms with Crippen LogP contribution in [0.1, 0.15) is 18.5 Å². The molecule has 0 bridgehead atoms. The van der Waals surface area contributed by atoms with Crippen molar-refractivity contribution in [2.24, 2.45) is 0 Å². The maximum Gasteiger partial charge on any atom is 0.153 e. The summed E-state index contributed by atoms with van der Waals surface area (Å²) in [6.07, 6.45) is 4.21. The molecule has 6 heteroatoms. The fourth-order valence-electron chi connectivity index (χ4n) is 2.87. The number of aromatic nitrogens is 3. The summed E-state index contributed by atoms with van der Waals surface area (Å²) >= 11 is 0. The molecule has 0 unspecified atom stereocenters. The van der Waals surface area contributed by atoms with Gasteiger partial charge in [-0.1, -0.05) is 0 Å². The van der Waals surface area contributed by atoms with Crippen LogP contribution in [-0.4, -0.2) is 58.9 Å². The van der Waals surface area contributed by atoms with Crippen molar-refractivity contribution in [3.63, 3.8) is 0 Å². The number of hydrogen-bond donors (Lipinski definition) is 1. The van der Waals surface area contributed by atoms with Crippen LogP contribution < -0.4 is 5.32 Å². The van der Waals surface area contributed by atoms with Crippen molar-refractivity contribution in [1.29, 1.82) is 0 Å². The van der Waals surface area contributed by atoms with Crippen LogP contribution in [0.4, 0.5) is 5.82 Å². The summed E-state index contributed by atoms with van der Waals surface area (Å²) in [5.41, 5.74) is 1.88. The number of rotatable bonds is 6. The van der Waals surface area contributed by atoms with Crippen LogP contribution in [0.25, 0.3) is 5.65 Å². The van der Waals surface area contributed by atoms with Crippen molar-refractivity contribution in [2.45, 2.75) is 25.8 Å². The number of imidazole rings is 1. The maximum absolute atomic E-state index is 5.11. The molecule has 1 N–H and O–H groups in total. The van der Waals surface area contributed by atoms with Crippen LogP contribution in [0.15, 0.2) is 18.3 Å². The minimum atomic E-state index is 0.474. The highest BCUT2D eigenvalue weighted by molar-refractivity contribution is 5.45. The molecule has 1 fully saturated rings. The molecule has 2 aromatic rings. The molecule has 0 spiro atoms. The predicted octanol–water partition coefficient (Wildman–Crippen LogP) is 1.56. The van der Waals surface area contributed by atoms with Crippen molar-refractivity contribution >= 4 is 11.5 Å². The third-order valence-electron chi connectivity index (χ3n) is 3.89. The number of hydrogen-bond acceptors (Lipinski definition) is 5. The molecule has 0 amide bonds. The van der Waals surface area contributed by atoms with Gasteiger partial charge in [-0.15, -0.1) is 5.10 Å². The van der Waals surface area contributed by atoms with Crippen molar-refractivity contribution < 1.29 is 4.74 Å². The number of nitrogens with one attached hydrogen (secondary N) is 1. The number of nitrogens with zero attached hydrogens (tertiary/aromatic N) is 4. The highest BCUT2D eigenvalue weighted by atomic mass is 16.5. The van der Waals surface area contributed by atoms with E-state index in [1.54, 1.807) is 7.11 Å². The maximum atomic E-state index is 5.11. The number of ether oxygens (including phenoxy) is 1. The molecule has 0 radical (unpaired) electrons. The summed E-state index contributed by atoms with van der Waals surface area (Å²) in [5, 5.41) is 8.09. The predicted molar refractivity (Wildman–Crippen MR) is 82.7 cm³/mol. The molecule has 0 saturated carbocycles. The summed E-state index contributed by atoms with van der Waals surface area (Å²) in [5.74, 6) is 0.920. The fourth-order valence-corrected chi connectivity index (χ4v) is 2.87. The first-order chi connectivity index (χ1) is 10.2. The number of methoxy groups -OCH3 is 1. The topological polar surface area (TPSA) is 54.7 Å². The first-order valence-corrected chi connectivity index (χ1v) is 7.55. The summed E-state index contributed by atoms with van der Waals surface area (Å²) in [7, 11) is 1.76. The molecule has 3 heterocycles. The lowest BCUT2D eigenvalue weighted by molar-refractivity contribution is 0.179. The third-order valence-corrected chi connectivity index (χ3v) is 3.89. The molecule has 1 aliphatic heterocycles. The Kier molecular flexibility index (Phi) is 4.36. The molecular weight excluding hydrogens is 266 g/mol. The van der Waals surface area contributed by atoms with E-state index in [0.29, 0.717) is 6.04 Å². The van der Waals surface area contributed by atoms with E-state index in [9.17, 15) is 0 Å². The van der Waals surface area contributed by atoms with Crippen molar-refractivity contribution in [2.75, 3.05) is 38.7 Å². The number of anilines is 1. The lowest BCUT2D eigenvalue weighted by Gasteiger charge is -2.16. The van der Waals surface area contributed by atoms with Gasteiger partial charge in [-0.3, -0.25) is 0 Å². The molecule has 114 valence electrons. The Hall–Kier alpha value is -1.66. The summed E-state index contributed by atoms with van der Waals surface area (Å²) in [6.45, 7) is 6.16. The Morgan fingerprint density at radius 3 is 3.19 bits per heavy atom. The van der Waals surface area contributed by atoms with Gasteiger partial charge in [0.2, 0.25) is 0 Å². The minimum Gasteiger partial charge on any atom is -0.385 e. The van der Waals surface area contributed by atoms with E-state index >= 15 is 0 Å². The van der Waals surface area contributed by atoms with Crippen LogP contribution >= 0.6 is 0 Å². The molecule has 0 aromatic carbocycles. The first-order valence-electron chi connectivity index (χ1n) is 7.55. The molecular formula is C15H23N5O. The van der Waals surface area contributed by atoms with Gasteiger partial charge >= 0.3 is 0 Å². The van der Waals surface area contributed by atoms with E-state index in [1.165, 1.54) is 0 Å². The van der Waals surface area contributed by atoms with E-state index in [0.717, 1.165) is 56.2 Å². The van der Waals surface area contributed by atoms with Gasteiger partial charge in [-0.25, -0.2) is 9.50 Å². The van der Waals surface area contributed by atoms with Crippen LogP contribution in [0.3, 0.4) is 0 Å². The summed E-state index contributed by atoms with van der Waals surface area (Å²) in [6, 6.07) is 4.49. The van der Waals surface area contributed by atoms with Crippen LogP contribution in [0.5, 0.6) is 0 Å². The zero-order valence-corrected chi connectivity index (χ0v) is 12.7. The summed E-state index contributed by atoms with van der Waals surface area (Å²) in [4.78, 5) is 6.88. The van der Waals surface area contributed by atoms with Gasteiger partial charge in [0.1, 0.15) is 5.82 Å². The fraction of sp³-hybridized carbons (Fsp3) is 0.600. The standard InChI is InChI=1S/C15H23N5O/c1-12-10-20-15(16-12)5-4-14(18-20)17-13-6-8-19(11-13)7-3-9-21-2/h4-5,10,13H,3,6-9,11H2,1-2H3,(H,17,18)/t13-/m1/s1. The SMILES string of the molecule is COCCCN1CC[C@@H](Nc2ccc3nc(C)cn3n2)C1. The molecule has 1 atom stereocenters. The molecule has 1 aliphatic rings. The highest BCUT2D eigenvalue weighted by Crippen LogP contribution is 2.15. The van der Waals surface area contributed by atoms with Gasteiger partial charge in [-0.2, -0.15) is 0 Å². The zero-order valence-electron chi connectivity index (χ0n) is 12.7. The highest BCUT2D eigenvalue weighted by Gasteiger charge is 2.22. The van der Waals surface area contributed by atoms with Crippen molar-refractivity contribution in [1.82, 2.24) is 19.5 Å². The van der Waals surface area contributed by atoms with Crippen LogP contribution in [0, 0.1) is 6.92 Å². The zero-order chi connectivity index (χ0) is 14.7. The normalized spacial score (nSPS) is 19.4. The molecule has 0 aliphatic carbocycles. The average molecular weight is 289 g/mol. The molecule has 3 rings (SSSR count). The Labute approximate surface area is 125 Å². The molecule has 2 aromatic heterocycles. The van der Waals surface area contributed by atoms with E-state index < -0.39 is 0 Å². The smallest absolute Gasteiger partial charge is 0.153 e. The van der Waals surface area contributed by atoms with Crippen LogP contribution in [-0.2, 0) is 4.74 Å². The van der Waals surface area contributed by atoms with E-state index in [-0.39, 0.29) is 0 Å². The first kappa shape index (κ1) is 14.3. The number of aryl methyl sites for hydroxylation is 1. The molecule has 21 heavy (non-hydrogen) atoms. The van der Waals surface area contributed by atoms with E-state index in [4.69, 9.17) is 4.74 Å². The monoisotopic (exact) mass is 289 g/mol. The van der Waals surface area contributed by atoms with Gasteiger partial charge < -0.3 is 15.0 Å². The van der Waals surface area contributed by atoms with Crippen molar-refractivity contribution in [3.8, 4) is 0 Å². The molecule has 6 nitrogen and oxygen atoms in total. The quantitative estimate of drug-likeness (QED) is 0.818. The van der Waals surface area contributed by atoms with Gasteiger partial charge in [-0.05, 0) is 31.9 Å². The second-order valence-electron chi connectivity index (χ2n) is 5.68. The number of likely N-dealkylation sites (tertiary alicyclic amines) is 1. The third kappa shape index (κ3) is 3.51. The van der Waals surface area contributed by atoms with Gasteiger partial charge in [0, 0.05) is 39.4 Å². The number of fused-ring (bicyclic) bond motifs is 1. The Bertz CT molecular complexity index is 597. The second kappa shape index (κ2) is 6.41. The van der Waals surface area contributed by atoms with Crippen LogP contribution in [0.2, 0.25) is 0 Å². The Morgan fingerprint density at radius 2 is 2.33 bits per heavy atom. The molecule has 1 saturated heterocycles. The van der Waals surface area contributed by atoms with Crippen molar-refractivity contribution in [3.05, 3.63) is 24.0 Å². The minimum absolute atomic E-state index is 0.474. The lowest BCUT2D eigenvalue weighted by atomic mass is 10.2. The lowest BCUT2D eigenvalue weighted by Crippen LogP contribution is -2.27. The largest absolute Gasteiger partial charge is 0.385 e. The Morgan fingerprint density at radius 1 is 1.43 bits per heavy atom. The van der Waals surface area contributed by atoms with Gasteiger partial charge in [0.25, 0.3) is 0 Å². The van der Waals surface area contributed by atoms with E-state index in [1.807, 2.05) is 29.8 Å².